The van der Waals surface area contributed by atoms with E-state index in [1.807, 2.05) is 0 Å². The van der Waals surface area contributed by atoms with Crippen molar-refractivity contribution in [2.45, 2.75) is 0 Å². The van der Waals surface area contributed by atoms with E-state index < -0.39 is 4.92 Å². The Morgan fingerprint density at radius 1 is 1.47 bits per heavy atom. The quantitative estimate of drug-likeness (QED) is 0.459. The minimum atomic E-state index is -0.529. The van der Waals surface area contributed by atoms with Crippen LogP contribution in [0.3, 0.4) is 0 Å². The largest absolute Gasteiger partial charge is 0.313 e. The lowest BCUT2D eigenvalue weighted by Crippen LogP contribution is -2.20. The molecule has 1 aromatic carbocycles. The zero-order valence-corrected chi connectivity index (χ0v) is 8.43. The second-order valence-electron chi connectivity index (χ2n) is 3.16. The molecule has 0 aliphatic heterocycles. The second-order valence-corrected chi connectivity index (χ2v) is 3.16. The molecule has 0 unspecified atom stereocenters. The Balaban J connectivity index is 3.14. The number of anilines is 1. The highest BCUT2D eigenvalue weighted by Gasteiger charge is 2.14. The molecule has 0 saturated heterocycles. The molecule has 0 atom stereocenters. The van der Waals surface area contributed by atoms with Crippen LogP contribution in [0.25, 0.3) is 0 Å². The van der Waals surface area contributed by atoms with Crippen molar-refractivity contribution in [3.8, 4) is 0 Å². The SMILES string of the molecule is CN(C)Nc1ccc(C=O)cc1[N+](=O)[O-]. The molecule has 0 spiro atoms. The van der Waals surface area contributed by atoms with Gasteiger partial charge in [-0.05, 0) is 12.1 Å². The summed E-state index contributed by atoms with van der Waals surface area (Å²) >= 11 is 0. The van der Waals surface area contributed by atoms with Crippen molar-refractivity contribution >= 4 is 17.7 Å². The lowest BCUT2D eigenvalue weighted by molar-refractivity contribution is -0.384. The van der Waals surface area contributed by atoms with E-state index in [0.29, 0.717) is 12.0 Å². The maximum atomic E-state index is 10.7. The number of nitrogens with zero attached hydrogens (tertiary/aromatic N) is 2. The van der Waals surface area contributed by atoms with E-state index in [4.69, 9.17) is 0 Å². The molecule has 0 aromatic heterocycles. The van der Waals surface area contributed by atoms with Crippen LogP contribution in [0.5, 0.6) is 0 Å². The highest BCUT2D eigenvalue weighted by molar-refractivity contribution is 5.79. The molecule has 80 valence electrons. The number of benzene rings is 1. The van der Waals surface area contributed by atoms with Gasteiger partial charge in [0, 0.05) is 25.7 Å². The smallest absolute Gasteiger partial charge is 0.294 e. The summed E-state index contributed by atoms with van der Waals surface area (Å²) in [6.45, 7) is 0. The first kappa shape index (κ1) is 11.1. The summed E-state index contributed by atoms with van der Waals surface area (Å²) in [6.07, 6.45) is 0.576. The number of hydrazine groups is 1. The molecular formula is C9H11N3O3. The Morgan fingerprint density at radius 2 is 2.13 bits per heavy atom. The minimum absolute atomic E-state index is 0.117. The molecule has 6 nitrogen and oxygen atoms in total. The molecule has 0 fully saturated rings. The van der Waals surface area contributed by atoms with E-state index in [-0.39, 0.29) is 11.3 Å². The number of rotatable bonds is 4. The van der Waals surface area contributed by atoms with Gasteiger partial charge in [0.2, 0.25) is 0 Å². The standard InChI is InChI=1S/C9H11N3O3/c1-11(2)10-8-4-3-7(6-13)5-9(8)12(14)15/h3-6,10H,1-2H3. The van der Waals surface area contributed by atoms with Gasteiger partial charge in [0.15, 0.2) is 0 Å². The van der Waals surface area contributed by atoms with Crippen LogP contribution in [0, 0.1) is 10.1 Å². The van der Waals surface area contributed by atoms with Gasteiger partial charge >= 0.3 is 0 Å². The topological polar surface area (TPSA) is 75.5 Å². The Hall–Kier alpha value is -1.95. The Morgan fingerprint density at radius 3 is 2.60 bits per heavy atom. The molecule has 0 aliphatic carbocycles. The van der Waals surface area contributed by atoms with E-state index in [0.717, 1.165) is 0 Å². The third kappa shape index (κ3) is 2.75. The van der Waals surface area contributed by atoms with Crippen molar-refractivity contribution in [1.82, 2.24) is 5.01 Å². The molecule has 0 saturated carbocycles. The fourth-order valence-corrected chi connectivity index (χ4v) is 1.11. The van der Waals surface area contributed by atoms with Crippen molar-refractivity contribution in [3.05, 3.63) is 33.9 Å². The normalized spacial score (nSPS) is 10.1. The van der Waals surface area contributed by atoms with Crippen LogP contribution < -0.4 is 5.43 Å². The molecule has 1 aromatic rings. The predicted molar refractivity (Wildman–Crippen MR) is 55.8 cm³/mol. The lowest BCUT2D eigenvalue weighted by atomic mass is 10.2. The first-order valence-electron chi connectivity index (χ1n) is 4.22. The van der Waals surface area contributed by atoms with Crippen LogP contribution in [0.1, 0.15) is 10.4 Å². The monoisotopic (exact) mass is 209 g/mol. The Bertz CT molecular complexity index is 390. The van der Waals surface area contributed by atoms with Gasteiger partial charge in [-0.25, -0.2) is 5.01 Å². The molecule has 15 heavy (non-hydrogen) atoms. The summed E-state index contributed by atoms with van der Waals surface area (Å²) in [6, 6.07) is 4.26. The third-order valence-corrected chi connectivity index (χ3v) is 1.70. The molecule has 1 rings (SSSR count). The lowest BCUT2D eigenvalue weighted by Gasteiger charge is -2.13. The summed E-state index contributed by atoms with van der Waals surface area (Å²) in [4.78, 5) is 20.6. The highest BCUT2D eigenvalue weighted by atomic mass is 16.6. The fourth-order valence-electron chi connectivity index (χ4n) is 1.11. The molecule has 0 heterocycles. The van der Waals surface area contributed by atoms with Crippen LogP contribution in [-0.2, 0) is 0 Å². The van der Waals surface area contributed by atoms with Gasteiger partial charge in [-0.1, -0.05) is 0 Å². The second kappa shape index (κ2) is 4.52. The molecule has 0 amide bonds. The van der Waals surface area contributed by atoms with E-state index in [1.54, 1.807) is 19.1 Å². The van der Waals surface area contributed by atoms with Crippen molar-refractivity contribution in [2.24, 2.45) is 0 Å². The maximum absolute atomic E-state index is 10.7. The number of nitro benzene ring substituents is 1. The Kier molecular flexibility index (Phi) is 3.35. The number of aldehydes is 1. The van der Waals surface area contributed by atoms with E-state index in [1.165, 1.54) is 18.2 Å². The Labute approximate surface area is 86.6 Å². The van der Waals surface area contributed by atoms with E-state index in [9.17, 15) is 14.9 Å². The predicted octanol–water partition coefficient (Wildman–Crippen LogP) is 1.30. The van der Waals surface area contributed by atoms with Crippen molar-refractivity contribution in [1.29, 1.82) is 0 Å². The van der Waals surface area contributed by atoms with Crippen molar-refractivity contribution in [3.63, 3.8) is 0 Å². The number of carbonyl (C=O) groups is 1. The molecule has 0 radical (unpaired) electrons. The third-order valence-electron chi connectivity index (χ3n) is 1.70. The number of hydrogen-bond acceptors (Lipinski definition) is 5. The fraction of sp³-hybridized carbons (Fsp3) is 0.222. The summed E-state index contributed by atoms with van der Waals surface area (Å²) < 4.78 is 0. The average molecular weight is 209 g/mol. The number of nitrogens with one attached hydrogen (secondary N) is 1. The van der Waals surface area contributed by atoms with Crippen molar-refractivity contribution < 1.29 is 9.72 Å². The van der Waals surface area contributed by atoms with Crippen LogP contribution in [-0.4, -0.2) is 30.3 Å². The average Bonchev–Trinajstić information content (AvgIpc) is 2.17. The van der Waals surface area contributed by atoms with Gasteiger partial charge in [-0.3, -0.25) is 14.9 Å². The summed E-state index contributed by atoms with van der Waals surface area (Å²) in [7, 11) is 3.44. The van der Waals surface area contributed by atoms with E-state index in [2.05, 4.69) is 5.43 Å². The zero-order valence-electron chi connectivity index (χ0n) is 8.43. The number of hydrogen-bond donors (Lipinski definition) is 1. The van der Waals surface area contributed by atoms with E-state index >= 15 is 0 Å². The van der Waals surface area contributed by atoms with Gasteiger partial charge in [-0.15, -0.1) is 0 Å². The summed E-state index contributed by atoms with van der Waals surface area (Å²) in [5.74, 6) is 0. The first-order chi connectivity index (χ1) is 7.04. The number of nitro groups is 1. The molecule has 6 heteroatoms. The summed E-state index contributed by atoms with van der Waals surface area (Å²) in [5, 5.41) is 12.3. The van der Waals surface area contributed by atoms with Gasteiger partial charge in [-0.2, -0.15) is 0 Å². The van der Waals surface area contributed by atoms with Crippen LogP contribution in [0.15, 0.2) is 18.2 Å². The van der Waals surface area contributed by atoms with Gasteiger partial charge in [0.25, 0.3) is 5.69 Å². The molecule has 0 aliphatic rings. The maximum Gasteiger partial charge on any atom is 0.294 e. The van der Waals surface area contributed by atoms with Gasteiger partial charge in [0.1, 0.15) is 12.0 Å². The highest BCUT2D eigenvalue weighted by Crippen LogP contribution is 2.24. The van der Waals surface area contributed by atoms with Crippen LogP contribution in [0.4, 0.5) is 11.4 Å². The zero-order chi connectivity index (χ0) is 11.4. The molecular weight excluding hydrogens is 198 g/mol. The minimum Gasteiger partial charge on any atom is -0.313 e. The first-order valence-corrected chi connectivity index (χ1v) is 4.22. The van der Waals surface area contributed by atoms with Crippen molar-refractivity contribution in [2.75, 3.05) is 19.5 Å². The van der Waals surface area contributed by atoms with Gasteiger partial charge in [0.05, 0.1) is 4.92 Å². The molecule has 0 bridgehead atoms. The van der Waals surface area contributed by atoms with Gasteiger partial charge < -0.3 is 5.43 Å². The molecule has 1 N–H and O–H groups in total. The van der Waals surface area contributed by atoms with Crippen LogP contribution in [0.2, 0.25) is 0 Å². The number of carbonyl (C=O) groups excluding carboxylic acids is 1. The van der Waals surface area contributed by atoms with Crippen LogP contribution >= 0.6 is 0 Å². The summed E-state index contributed by atoms with van der Waals surface area (Å²) in [5.41, 5.74) is 3.30.